The van der Waals surface area contributed by atoms with Crippen LogP contribution in [0.2, 0.25) is 0 Å². The van der Waals surface area contributed by atoms with Crippen molar-refractivity contribution in [3.05, 3.63) is 66.4 Å². The Morgan fingerprint density at radius 2 is 1.64 bits per heavy atom. The molecule has 144 valence electrons. The molecule has 0 aliphatic carbocycles. The second-order valence-electron chi connectivity index (χ2n) is 6.97. The summed E-state index contributed by atoms with van der Waals surface area (Å²) in [4.78, 5) is 32.2. The zero-order valence-electron chi connectivity index (χ0n) is 15.8. The summed E-state index contributed by atoms with van der Waals surface area (Å²) in [6.45, 7) is 4.38. The number of anilines is 1. The van der Waals surface area contributed by atoms with Crippen molar-refractivity contribution in [2.24, 2.45) is 0 Å². The van der Waals surface area contributed by atoms with Gasteiger partial charge in [-0.15, -0.1) is 0 Å². The number of piperazine rings is 1. The van der Waals surface area contributed by atoms with Gasteiger partial charge in [0.2, 0.25) is 0 Å². The van der Waals surface area contributed by atoms with Crippen LogP contribution >= 0.6 is 0 Å². The molecule has 1 amide bonds. The zero-order valence-corrected chi connectivity index (χ0v) is 15.8. The predicted octanol–water partition coefficient (Wildman–Crippen LogP) is 3.06. The molecule has 0 bridgehead atoms. The van der Waals surface area contributed by atoms with Crippen LogP contribution < -0.4 is 4.90 Å². The van der Waals surface area contributed by atoms with E-state index < -0.39 is 12.1 Å². The predicted molar refractivity (Wildman–Crippen MR) is 108 cm³/mol. The van der Waals surface area contributed by atoms with Gasteiger partial charge < -0.3 is 19.5 Å². The van der Waals surface area contributed by atoms with Crippen LogP contribution in [0.15, 0.2) is 60.7 Å². The molecule has 1 fully saturated rings. The second kappa shape index (κ2) is 7.76. The maximum atomic E-state index is 12.7. The maximum absolute atomic E-state index is 12.7. The number of carbonyl (C=O) groups is 2. The number of ether oxygens (including phenoxy) is 1. The van der Waals surface area contributed by atoms with Crippen LogP contribution in [0.1, 0.15) is 17.4 Å². The molecule has 1 saturated heterocycles. The number of rotatable bonds is 4. The van der Waals surface area contributed by atoms with Crippen molar-refractivity contribution in [1.29, 1.82) is 0 Å². The third kappa shape index (κ3) is 3.71. The van der Waals surface area contributed by atoms with Crippen molar-refractivity contribution in [2.75, 3.05) is 31.1 Å². The van der Waals surface area contributed by atoms with E-state index in [2.05, 4.69) is 22.0 Å². The Balaban J connectivity index is 1.34. The number of H-pyrrole nitrogens is 1. The maximum Gasteiger partial charge on any atom is 0.355 e. The molecule has 1 atom stereocenters. The van der Waals surface area contributed by atoms with Crippen LogP contribution in [0.4, 0.5) is 5.69 Å². The quantitative estimate of drug-likeness (QED) is 0.710. The Morgan fingerprint density at radius 3 is 2.36 bits per heavy atom. The van der Waals surface area contributed by atoms with Gasteiger partial charge in [-0.1, -0.05) is 36.4 Å². The van der Waals surface area contributed by atoms with Crippen molar-refractivity contribution in [3.63, 3.8) is 0 Å². The van der Waals surface area contributed by atoms with Crippen LogP contribution in [0, 0.1) is 0 Å². The number of hydrogen-bond donors (Lipinski definition) is 1. The molecule has 0 radical (unpaired) electrons. The summed E-state index contributed by atoms with van der Waals surface area (Å²) < 4.78 is 5.42. The number of nitrogens with one attached hydrogen (secondary N) is 1. The minimum Gasteiger partial charge on any atom is -0.448 e. The largest absolute Gasteiger partial charge is 0.448 e. The minimum atomic E-state index is -0.817. The van der Waals surface area contributed by atoms with E-state index in [9.17, 15) is 9.59 Å². The fraction of sp³-hybridized carbons (Fsp3) is 0.273. The highest BCUT2D eigenvalue weighted by atomic mass is 16.5. The molecule has 4 rings (SSSR count). The fourth-order valence-corrected chi connectivity index (χ4v) is 3.54. The molecule has 28 heavy (non-hydrogen) atoms. The molecular formula is C22H23N3O3. The number of amides is 1. The van der Waals surface area contributed by atoms with Gasteiger partial charge in [0, 0.05) is 42.8 Å². The fourth-order valence-electron chi connectivity index (χ4n) is 3.54. The van der Waals surface area contributed by atoms with E-state index in [1.807, 2.05) is 42.5 Å². The smallest absolute Gasteiger partial charge is 0.355 e. The number of hydrogen-bond acceptors (Lipinski definition) is 4. The average Bonchev–Trinajstić information content (AvgIpc) is 3.18. The summed E-state index contributed by atoms with van der Waals surface area (Å²) in [7, 11) is 0. The lowest BCUT2D eigenvalue weighted by atomic mass is 10.2. The SMILES string of the molecule is C[C@@H](OC(=O)c1cc2ccccc2[nH]1)C(=O)N1CCN(c2ccccc2)CC1. The van der Waals surface area contributed by atoms with Crippen molar-refractivity contribution in [1.82, 2.24) is 9.88 Å². The van der Waals surface area contributed by atoms with Gasteiger partial charge in [0.1, 0.15) is 5.69 Å². The lowest BCUT2D eigenvalue weighted by Crippen LogP contribution is -2.51. The minimum absolute atomic E-state index is 0.155. The van der Waals surface area contributed by atoms with E-state index in [1.165, 1.54) is 0 Å². The molecule has 1 aromatic heterocycles. The summed E-state index contributed by atoms with van der Waals surface area (Å²) in [5.74, 6) is -0.669. The Morgan fingerprint density at radius 1 is 0.964 bits per heavy atom. The van der Waals surface area contributed by atoms with E-state index in [0.29, 0.717) is 18.8 Å². The Bertz CT molecular complexity index is 942. The molecule has 0 unspecified atom stereocenters. The van der Waals surface area contributed by atoms with E-state index >= 15 is 0 Å². The number of benzene rings is 2. The van der Waals surface area contributed by atoms with Crippen LogP contribution in [-0.4, -0.2) is 54.0 Å². The van der Waals surface area contributed by atoms with Gasteiger partial charge in [-0.2, -0.15) is 0 Å². The first-order valence-corrected chi connectivity index (χ1v) is 9.49. The number of carbonyl (C=O) groups excluding carboxylic acids is 2. The van der Waals surface area contributed by atoms with Gasteiger partial charge in [-0.3, -0.25) is 4.79 Å². The van der Waals surface area contributed by atoms with E-state index in [0.717, 1.165) is 29.7 Å². The monoisotopic (exact) mass is 377 g/mol. The van der Waals surface area contributed by atoms with E-state index in [-0.39, 0.29) is 5.91 Å². The van der Waals surface area contributed by atoms with Crippen molar-refractivity contribution >= 4 is 28.5 Å². The van der Waals surface area contributed by atoms with Gasteiger partial charge in [0.25, 0.3) is 5.91 Å². The number of fused-ring (bicyclic) bond motifs is 1. The first-order chi connectivity index (χ1) is 13.6. The molecule has 2 heterocycles. The number of esters is 1. The van der Waals surface area contributed by atoms with Gasteiger partial charge >= 0.3 is 5.97 Å². The molecule has 6 heteroatoms. The topological polar surface area (TPSA) is 65.6 Å². The van der Waals surface area contributed by atoms with Gasteiger partial charge in [-0.25, -0.2) is 4.79 Å². The lowest BCUT2D eigenvalue weighted by Gasteiger charge is -2.37. The Labute approximate surface area is 163 Å². The Hall–Kier alpha value is -3.28. The third-order valence-electron chi connectivity index (χ3n) is 5.09. The molecule has 0 saturated carbocycles. The van der Waals surface area contributed by atoms with Gasteiger partial charge in [-0.05, 0) is 31.2 Å². The summed E-state index contributed by atoms with van der Waals surface area (Å²) in [5.41, 5.74) is 2.38. The first kappa shape index (κ1) is 18.1. The van der Waals surface area contributed by atoms with Gasteiger partial charge in [0.15, 0.2) is 6.10 Å². The van der Waals surface area contributed by atoms with E-state index in [1.54, 1.807) is 17.9 Å². The molecule has 2 aromatic carbocycles. The third-order valence-corrected chi connectivity index (χ3v) is 5.09. The molecule has 1 N–H and O–H groups in total. The molecular weight excluding hydrogens is 354 g/mol. The summed E-state index contributed by atoms with van der Waals surface area (Å²) in [6, 6.07) is 19.5. The molecule has 1 aliphatic rings. The van der Waals surface area contributed by atoms with Crippen LogP contribution in [0.3, 0.4) is 0 Å². The van der Waals surface area contributed by atoms with Crippen molar-refractivity contribution in [3.8, 4) is 0 Å². The number of aromatic amines is 1. The normalized spacial score (nSPS) is 15.5. The van der Waals surface area contributed by atoms with Crippen LogP contribution in [-0.2, 0) is 9.53 Å². The highest BCUT2D eigenvalue weighted by molar-refractivity contribution is 5.96. The van der Waals surface area contributed by atoms with Crippen LogP contribution in [0.5, 0.6) is 0 Å². The molecule has 3 aromatic rings. The summed E-state index contributed by atoms with van der Waals surface area (Å²) in [5, 5.41) is 0.936. The standard InChI is InChI=1S/C22H23N3O3/c1-16(28-22(27)20-15-17-7-5-6-10-19(17)23-20)21(26)25-13-11-24(12-14-25)18-8-3-2-4-9-18/h2-10,15-16,23H,11-14H2,1H3/t16-/m1/s1. The molecule has 6 nitrogen and oxygen atoms in total. The highest BCUT2D eigenvalue weighted by Gasteiger charge is 2.28. The zero-order chi connectivity index (χ0) is 19.5. The van der Waals surface area contributed by atoms with Crippen LogP contribution in [0.25, 0.3) is 10.9 Å². The number of nitrogens with zero attached hydrogens (tertiary/aromatic N) is 2. The second-order valence-corrected chi connectivity index (χ2v) is 6.97. The highest BCUT2D eigenvalue weighted by Crippen LogP contribution is 2.18. The molecule has 0 spiro atoms. The van der Waals surface area contributed by atoms with Crippen molar-refractivity contribution < 1.29 is 14.3 Å². The van der Waals surface area contributed by atoms with Gasteiger partial charge in [0.05, 0.1) is 0 Å². The summed E-state index contributed by atoms with van der Waals surface area (Å²) >= 11 is 0. The summed E-state index contributed by atoms with van der Waals surface area (Å²) in [6.07, 6.45) is -0.817. The molecule has 1 aliphatic heterocycles. The first-order valence-electron chi connectivity index (χ1n) is 9.49. The number of aromatic nitrogens is 1. The average molecular weight is 377 g/mol. The van der Waals surface area contributed by atoms with E-state index in [4.69, 9.17) is 4.74 Å². The Kier molecular flexibility index (Phi) is 5.02. The van der Waals surface area contributed by atoms with Crippen molar-refractivity contribution in [2.45, 2.75) is 13.0 Å². The number of para-hydroxylation sites is 2. The lowest BCUT2D eigenvalue weighted by molar-refractivity contribution is -0.140.